The Morgan fingerprint density at radius 3 is 2.75 bits per heavy atom. The van der Waals surface area contributed by atoms with Gasteiger partial charge in [0.05, 0.1) is 5.52 Å². The maximum atomic E-state index is 9.54. The quantitative estimate of drug-likeness (QED) is 0.629. The molecule has 0 aliphatic carbocycles. The maximum absolute atomic E-state index is 9.54. The van der Waals surface area contributed by atoms with Crippen LogP contribution in [0.15, 0.2) is 24.3 Å². The molecular formula is C10H11NO. The number of nitrogens with zero attached hydrogens (tertiary/aromatic N) is 1. The molecule has 1 aromatic carbocycles. The fraction of sp³-hybridized carbons (Fsp3) is 0.200. The van der Waals surface area contributed by atoms with E-state index >= 15 is 0 Å². The van der Waals surface area contributed by atoms with Crippen LogP contribution in [0.3, 0.4) is 0 Å². The summed E-state index contributed by atoms with van der Waals surface area (Å²) in [4.78, 5) is 0. The van der Waals surface area contributed by atoms with Gasteiger partial charge in [0.25, 0.3) is 0 Å². The molecule has 0 aliphatic rings. The van der Waals surface area contributed by atoms with Crippen molar-refractivity contribution in [3.63, 3.8) is 0 Å². The van der Waals surface area contributed by atoms with E-state index in [1.807, 2.05) is 30.7 Å². The molecule has 0 unspecified atom stereocenters. The molecule has 1 aromatic heterocycles. The number of aromatic hydroxyl groups is 1. The molecule has 2 rings (SSSR count). The summed E-state index contributed by atoms with van der Waals surface area (Å²) in [5, 5.41) is 10.6. The molecule has 0 radical (unpaired) electrons. The second-order valence-electron chi connectivity index (χ2n) is 3.06. The lowest BCUT2D eigenvalue weighted by Gasteiger charge is -2.00. The topological polar surface area (TPSA) is 25.2 Å². The average Bonchev–Trinajstić information content (AvgIpc) is 2.29. The first-order valence-corrected chi connectivity index (χ1v) is 3.94. The van der Waals surface area contributed by atoms with Gasteiger partial charge in [-0.05, 0) is 19.1 Å². The van der Waals surface area contributed by atoms with Gasteiger partial charge in [-0.25, -0.2) is 0 Å². The third-order valence-corrected chi connectivity index (χ3v) is 2.27. The predicted molar refractivity (Wildman–Crippen MR) is 49.3 cm³/mol. The standard InChI is InChI=1S/C10H11NO/c1-7-6-8-4-3-5-9(12)10(8)11(7)2/h3-6,12H,1-2H3. The van der Waals surface area contributed by atoms with Crippen molar-refractivity contribution in [3.8, 4) is 5.75 Å². The summed E-state index contributed by atoms with van der Waals surface area (Å²) in [6.07, 6.45) is 0. The number of rotatable bonds is 0. The average molecular weight is 161 g/mol. The molecule has 0 bridgehead atoms. The molecule has 0 aliphatic heterocycles. The van der Waals surface area contributed by atoms with Crippen molar-refractivity contribution in [2.45, 2.75) is 6.92 Å². The van der Waals surface area contributed by atoms with Crippen LogP contribution in [0.5, 0.6) is 5.75 Å². The summed E-state index contributed by atoms with van der Waals surface area (Å²) in [5.41, 5.74) is 2.07. The van der Waals surface area contributed by atoms with E-state index in [0.29, 0.717) is 5.75 Å². The molecule has 1 N–H and O–H groups in total. The lowest BCUT2D eigenvalue weighted by atomic mass is 10.2. The molecular weight excluding hydrogens is 150 g/mol. The van der Waals surface area contributed by atoms with Crippen LogP contribution in [0.25, 0.3) is 10.9 Å². The first-order chi connectivity index (χ1) is 5.70. The number of phenolic OH excluding ortho intramolecular Hbond substituents is 1. The molecule has 0 fully saturated rings. The van der Waals surface area contributed by atoms with Gasteiger partial charge in [0, 0.05) is 18.1 Å². The van der Waals surface area contributed by atoms with Gasteiger partial charge >= 0.3 is 0 Å². The van der Waals surface area contributed by atoms with Gasteiger partial charge in [-0.3, -0.25) is 0 Å². The minimum Gasteiger partial charge on any atom is -0.506 e. The van der Waals surface area contributed by atoms with Crippen LogP contribution in [-0.2, 0) is 7.05 Å². The lowest BCUT2D eigenvalue weighted by molar-refractivity contribution is 0.478. The zero-order chi connectivity index (χ0) is 8.72. The van der Waals surface area contributed by atoms with E-state index in [0.717, 1.165) is 16.6 Å². The molecule has 0 saturated heterocycles. The van der Waals surface area contributed by atoms with Crippen molar-refractivity contribution >= 4 is 10.9 Å². The highest BCUT2D eigenvalue weighted by Gasteiger charge is 2.04. The Morgan fingerprint density at radius 2 is 2.08 bits per heavy atom. The molecule has 0 saturated carbocycles. The molecule has 0 atom stereocenters. The zero-order valence-corrected chi connectivity index (χ0v) is 7.20. The van der Waals surface area contributed by atoms with Crippen molar-refractivity contribution in [2.75, 3.05) is 0 Å². The number of aryl methyl sites for hydroxylation is 2. The monoisotopic (exact) mass is 161 g/mol. The van der Waals surface area contributed by atoms with Crippen LogP contribution in [0, 0.1) is 6.92 Å². The molecule has 12 heavy (non-hydrogen) atoms. The van der Waals surface area contributed by atoms with Crippen LogP contribution in [0.2, 0.25) is 0 Å². The molecule has 62 valence electrons. The number of hydrogen-bond acceptors (Lipinski definition) is 1. The highest BCUT2D eigenvalue weighted by molar-refractivity contribution is 5.86. The summed E-state index contributed by atoms with van der Waals surface area (Å²) in [5.74, 6) is 0.350. The largest absolute Gasteiger partial charge is 0.506 e. The van der Waals surface area contributed by atoms with E-state index in [1.165, 1.54) is 0 Å². The summed E-state index contributed by atoms with van der Waals surface area (Å²) in [7, 11) is 1.96. The van der Waals surface area contributed by atoms with E-state index < -0.39 is 0 Å². The van der Waals surface area contributed by atoms with Crippen LogP contribution in [0.1, 0.15) is 5.69 Å². The fourth-order valence-electron chi connectivity index (χ4n) is 1.53. The maximum Gasteiger partial charge on any atom is 0.139 e. The SMILES string of the molecule is Cc1cc2cccc(O)c2n1C. The van der Waals surface area contributed by atoms with Gasteiger partial charge in [0.1, 0.15) is 5.75 Å². The van der Waals surface area contributed by atoms with Gasteiger partial charge in [0.2, 0.25) is 0 Å². The fourth-order valence-corrected chi connectivity index (χ4v) is 1.53. The zero-order valence-electron chi connectivity index (χ0n) is 7.20. The van der Waals surface area contributed by atoms with E-state index in [2.05, 4.69) is 6.07 Å². The highest BCUT2D eigenvalue weighted by atomic mass is 16.3. The summed E-state index contributed by atoms with van der Waals surface area (Å²) >= 11 is 0. The number of fused-ring (bicyclic) bond motifs is 1. The predicted octanol–water partition coefficient (Wildman–Crippen LogP) is 2.19. The van der Waals surface area contributed by atoms with Crippen LogP contribution in [-0.4, -0.2) is 9.67 Å². The summed E-state index contributed by atoms with van der Waals surface area (Å²) < 4.78 is 1.99. The second-order valence-corrected chi connectivity index (χ2v) is 3.06. The Bertz CT molecular complexity index is 429. The third-order valence-electron chi connectivity index (χ3n) is 2.27. The Hall–Kier alpha value is -1.44. The van der Waals surface area contributed by atoms with Crippen LogP contribution >= 0.6 is 0 Å². The van der Waals surface area contributed by atoms with E-state index in [-0.39, 0.29) is 0 Å². The van der Waals surface area contributed by atoms with Crippen molar-refractivity contribution < 1.29 is 5.11 Å². The summed E-state index contributed by atoms with van der Waals surface area (Å²) in [6, 6.07) is 7.63. The van der Waals surface area contributed by atoms with Gasteiger partial charge in [0.15, 0.2) is 0 Å². The van der Waals surface area contributed by atoms with Crippen molar-refractivity contribution in [3.05, 3.63) is 30.0 Å². The number of benzene rings is 1. The lowest BCUT2D eigenvalue weighted by Crippen LogP contribution is -1.89. The van der Waals surface area contributed by atoms with Gasteiger partial charge < -0.3 is 9.67 Å². The van der Waals surface area contributed by atoms with E-state index in [9.17, 15) is 5.11 Å². The van der Waals surface area contributed by atoms with Crippen molar-refractivity contribution in [2.24, 2.45) is 7.05 Å². The smallest absolute Gasteiger partial charge is 0.139 e. The number of hydrogen-bond donors (Lipinski definition) is 1. The van der Waals surface area contributed by atoms with E-state index in [1.54, 1.807) is 6.07 Å². The Labute approximate surface area is 71.1 Å². The van der Waals surface area contributed by atoms with Crippen molar-refractivity contribution in [1.82, 2.24) is 4.57 Å². The van der Waals surface area contributed by atoms with Crippen LogP contribution in [0.4, 0.5) is 0 Å². The third kappa shape index (κ3) is 0.811. The van der Waals surface area contributed by atoms with Gasteiger partial charge in [-0.2, -0.15) is 0 Å². The Morgan fingerprint density at radius 1 is 1.33 bits per heavy atom. The number of aromatic nitrogens is 1. The van der Waals surface area contributed by atoms with Crippen molar-refractivity contribution in [1.29, 1.82) is 0 Å². The molecule has 1 heterocycles. The van der Waals surface area contributed by atoms with Crippen LogP contribution < -0.4 is 0 Å². The first-order valence-electron chi connectivity index (χ1n) is 3.94. The number of para-hydroxylation sites is 1. The molecule has 2 nitrogen and oxygen atoms in total. The van der Waals surface area contributed by atoms with Gasteiger partial charge in [-0.1, -0.05) is 12.1 Å². The second kappa shape index (κ2) is 2.27. The molecule has 2 aromatic rings. The Balaban J connectivity index is 2.97. The first kappa shape index (κ1) is 7.22. The minimum absolute atomic E-state index is 0.350. The normalized spacial score (nSPS) is 10.8. The van der Waals surface area contributed by atoms with Gasteiger partial charge in [-0.15, -0.1) is 0 Å². The minimum atomic E-state index is 0.350. The van der Waals surface area contributed by atoms with E-state index in [4.69, 9.17) is 0 Å². The molecule has 0 amide bonds. The molecule has 2 heteroatoms. The summed E-state index contributed by atoms with van der Waals surface area (Å²) in [6.45, 7) is 2.03. The Kier molecular flexibility index (Phi) is 1.37. The number of phenols is 1. The highest BCUT2D eigenvalue weighted by Crippen LogP contribution is 2.26. The molecule has 0 spiro atoms.